The lowest BCUT2D eigenvalue weighted by Crippen LogP contribution is -2.61. The molecule has 0 aromatic rings. The molecule has 6 atom stereocenters. The number of allylic oxidation sites excluding steroid dienone is 3. The molecule has 0 aromatic heterocycles. The summed E-state index contributed by atoms with van der Waals surface area (Å²) < 4.78 is 0. The van der Waals surface area contributed by atoms with Crippen molar-refractivity contribution < 1.29 is 15.0 Å². The number of Topliss-reactive ketones (excluding diaryl/α,β-unsaturated/α-hetero) is 1. The lowest BCUT2D eigenvalue weighted by atomic mass is 9.44. The Labute approximate surface area is 139 Å². The zero-order chi connectivity index (χ0) is 17.0. The maximum absolute atomic E-state index is 12.5. The number of aliphatic hydroxyl groups is 2. The third kappa shape index (κ3) is 2.27. The Morgan fingerprint density at radius 2 is 2.04 bits per heavy atom. The van der Waals surface area contributed by atoms with Crippen LogP contribution < -0.4 is 0 Å². The average molecular weight is 318 g/mol. The fraction of sp³-hybridized carbons (Fsp3) is 0.750. The van der Waals surface area contributed by atoms with E-state index in [1.807, 2.05) is 13.0 Å². The lowest BCUT2D eigenvalue weighted by molar-refractivity contribution is -0.173. The van der Waals surface area contributed by atoms with Gasteiger partial charge >= 0.3 is 0 Å². The second-order valence-electron chi connectivity index (χ2n) is 8.83. The van der Waals surface area contributed by atoms with Crippen molar-refractivity contribution in [1.82, 2.24) is 0 Å². The van der Waals surface area contributed by atoms with Crippen LogP contribution in [0.2, 0.25) is 0 Å². The molecule has 0 aliphatic heterocycles. The summed E-state index contributed by atoms with van der Waals surface area (Å²) in [5.74, 6) is 0.471. The molecule has 2 saturated carbocycles. The van der Waals surface area contributed by atoms with Crippen molar-refractivity contribution in [3.05, 3.63) is 24.3 Å². The Balaban J connectivity index is 2.03. The van der Waals surface area contributed by atoms with Crippen LogP contribution in [0.1, 0.15) is 52.9 Å². The summed E-state index contributed by atoms with van der Waals surface area (Å²) in [6.45, 7) is 10.2. The topological polar surface area (TPSA) is 57.5 Å². The predicted molar refractivity (Wildman–Crippen MR) is 90.8 cm³/mol. The fourth-order valence-electron chi connectivity index (χ4n) is 5.84. The Morgan fingerprint density at radius 1 is 1.35 bits per heavy atom. The third-order valence-electron chi connectivity index (χ3n) is 7.34. The monoisotopic (exact) mass is 318 g/mol. The smallest absolute Gasteiger partial charge is 0.162 e. The number of hydrogen-bond acceptors (Lipinski definition) is 3. The Hall–Kier alpha value is -0.930. The lowest BCUT2D eigenvalue weighted by Gasteiger charge is -2.60. The molecule has 3 nitrogen and oxygen atoms in total. The summed E-state index contributed by atoms with van der Waals surface area (Å²) in [4.78, 5) is 12.5. The van der Waals surface area contributed by atoms with E-state index >= 15 is 0 Å². The van der Waals surface area contributed by atoms with Crippen molar-refractivity contribution in [2.45, 2.75) is 59.0 Å². The summed E-state index contributed by atoms with van der Waals surface area (Å²) in [5, 5.41) is 20.4. The molecule has 0 heterocycles. The molecule has 3 aliphatic rings. The maximum Gasteiger partial charge on any atom is 0.162 e. The zero-order valence-corrected chi connectivity index (χ0v) is 14.6. The van der Waals surface area contributed by atoms with Crippen LogP contribution in [0.3, 0.4) is 0 Å². The van der Waals surface area contributed by atoms with Crippen LogP contribution in [0.5, 0.6) is 0 Å². The number of fused-ring (bicyclic) bond motifs is 3. The summed E-state index contributed by atoms with van der Waals surface area (Å²) in [6.07, 6.45) is 7.88. The Kier molecular flexibility index (Phi) is 3.89. The van der Waals surface area contributed by atoms with E-state index in [1.165, 1.54) is 5.57 Å². The van der Waals surface area contributed by atoms with E-state index in [4.69, 9.17) is 0 Å². The first-order valence-electron chi connectivity index (χ1n) is 8.87. The van der Waals surface area contributed by atoms with Gasteiger partial charge in [-0.15, -0.1) is 6.58 Å². The van der Waals surface area contributed by atoms with Crippen molar-refractivity contribution in [1.29, 1.82) is 0 Å². The van der Waals surface area contributed by atoms with Crippen molar-refractivity contribution >= 4 is 5.78 Å². The molecule has 2 N–H and O–H groups in total. The summed E-state index contributed by atoms with van der Waals surface area (Å²) >= 11 is 0. The number of hydrogen-bond donors (Lipinski definition) is 2. The minimum absolute atomic E-state index is 0.0630. The van der Waals surface area contributed by atoms with Gasteiger partial charge in [-0.3, -0.25) is 4.79 Å². The predicted octanol–water partition coefficient (Wildman–Crippen LogP) is 3.26. The van der Waals surface area contributed by atoms with Gasteiger partial charge in [-0.05, 0) is 42.9 Å². The highest BCUT2D eigenvalue weighted by atomic mass is 16.3. The quantitative estimate of drug-likeness (QED) is 0.768. The van der Waals surface area contributed by atoms with E-state index in [2.05, 4.69) is 26.5 Å². The molecule has 128 valence electrons. The second-order valence-corrected chi connectivity index (χ2v) is 8.83. The first kappa shape index (κ1) is 16.9. The van der Waals surface area contributed by atoms with Gasteiger partial charge in [0.2, 0.25) is 0 Å². The summed E-state index contributed by atoms with van der Waals surface area (Å²) in [7, 11) is 0. The van der Waals surface area contributed by atoms with Gasteiger partial charge in [0, 0.05) is 17.3 Å². The van der Waals surface area contributed by atoms with Gasteiger partial charge in [0.1, 0.15) is 6.10 Å². The van der Waals surface area contributed by atoms with Gasteiger partial charge in [-0.2, -0.15) is 0 Å². The molecule has 0 spiro atoms. The molecule has 3 aliphatic carbocycles. The van der Waals surface area contributed by atoms with Gasteiger partial charge in [0.05, 0.1) is 6.61 Å². The molecular formula is C20H30O3. The SMILES string of the molecule is C=C[C@]1(C)C=C2CC[C@H]3[C@](C)(CO)[C@@H](O)C(=O)C[C@@]3(C)[C@@H]2CC1. The van der Waals surface area contributed by atoms with E-state index in [0.717, 1.165) is 25.7 Å². The van der Waals surface area contributed by atoms with Crippen LogP contribution in [0.15, 0.2) is 24.3 Å². The van der Waals surface area contributed by atoms with Crippen LogP contribution in [0.4, 0.5) is 0 Å². The van der Waals surface area contributed by atoms with E-state index in [-0.39, 0.29) is 29.1 Å². The molecule has 2 fully saturated rings. The van der Waals surface area contributed by atoms with Crippen LogP contribution in [0.25, 0.3) is 0 Å². The van der Waals surface area contributed by atoms with Crippen molar-refractivity contribution in [2.24, 2.45) is 28.1 Å². The van der Waals surface area contributed by atoms with Crippen LogP contribution in [-0.4, -0.2) is 28.7 Å². The molecule has 0 bridgehead atoms. The number of aliphatic hydroxyl groups excluding tert-OH is 2. The second kappa shape index (κ2) is 5.29. The molecule has 0 unspecified atom stereocenters. The number of carbonyl (C=O) groups excluding carboxylic acids is 1. The number of carbonyl (C=O) groups is 1. The van der Waals surface area contributed by atoms with E-state index in [1.54, 1.807) is 0 Å². The normalized spacial score (nSPS) is 49.9. The van der Waals surface area contributed by atoms with Crippen LogP contribution in [0, 0.1) is 28.1 Å². The zero-order valence-electron chi connectivity index (χ0n) is 14.6. The highest BCUT2D eigenvalue weighted by Crippen LogP contribution is 2.63. The van der Waals surface area contributed by atoms with Crippen molar-refractivity contribution in [3.8, 4) is 0 Å². The first-order valence-corrected chi connectivity index (χ1v) is 8.87. The van der Waals surface area contributed by atoms with Crippen molar-refractivity contribution in [2.75, 3.05) is 6.61 Å². The van der Waals surface area contributed by atoms with E-state index < -0.39 is 11.5 Å². The van der Waals surface area contributed by atoms with Crippen molar-refractivity contribution in [3.63, 3.8) is 0 Å². The minimum Gasteiger partial charge on any atom is -0.396 e. The average Bonchev–Trinajstić information content (AvgIpc) is 2.52. The highest BCUT2D eigenvalue weighted by Gasteiger charge is 2.61. The number of ketones is 1. The van der Waals surface area contributed by atoms with Gasteiger partial charge in [-0.1, -0.05) is 38.5 Å². The van der Waals surface area contributed by atoms with Crippen LogP contribution >= 0.6 is 0 Å². The van der Waals surface area contributed by atoms with E-state index in [0.29, 0.717) is 12.3 Å². The standard InChI is InChI=1S/C20H30O3/c1-5-18(2)9-8-14-13(10-18)6-7-16-19(14,3)11-15(22)17(23)20(16,4)12-21/h5,10,14,16-17,21,23H,1,6-9,11-12H2,2-4H3/t14-,16-,17+,18+,19+,20+/m1/s1. The molecule has 23 heavy (non-hydrogen) atoms. The minimum atomic E-state index is -1.03. The molecule has 0 aromatic carbocycles. The fourth-order valence-corrected chi connectivity index (χ4v) is 5.84. The van der Waals surface area contributed by atoms with E-state index in [9.17, 15) is 15.0 Å². The number of rotatable bonds is 2. The summed E-state index contributed by atoms with van der Waals surface area (Å²) in [5.41, 5.74) is 0.657. The molecular weight excluding hydrogens is 288 g/mol. The summed E-state index contributed by atoms with van der Waals surface area (Å²) in [6, 6.07) is 0. The van der Waals surface area contributed by atoms with Gasteiger partial charge in [-0.25, -0.2) is 0 Å². The molecule has 0 saturated heterocycles. The van der Waals surface area contributed by atoms with Gasteiger partial charge in [0.25, 0.3) is 0 Å². The highest BCUT2D eigenvalue weighted by molar-refractivity contribution is 5.85. The molecule has 0 radical (unpaired) electrons. The Morgan fingerprint density at radius 3 is 2.65 bits per heavy atom. The van der Waals surface area contributed by atoms with Crippen LogP contribution in [-0.2, 0) is 4.79 Å². The molecule has 3 rings (SSSR count). The Bertz CT molecular complexity index is 565. The first-order chi connectivity index (χ1) is 10.7. The third-order valence-corrected chi connectivity index (χ3v) is 7.34. The maximum atomic E-state index is 12.5. The molecule has 0 amide bonds. The molecule has 3 heteroatoms. The van der Waals surface area contributed by atoms with Gasteiger partial charge in [0.15, 0.2) is 5.78 Å². The largest absolute Gasteiger partial charge is 0.396 e. The van der Waals surface area contributed by atoms with Gasteiger partial charge < -0.3 is 10.2 Å².